The third-order valence-corrected chi connectivity index (χ3v) is 3.58. The second kappa shape index (κ2) is 5.53. The highest BCUT2D eigenvalue weighted by molar-refractivity contribution is 5.89. The maximum Gasteiger partial charge on any atom is 0.319 e. The minimum atomic E-state index is -0.292. The molecule has 0 saturated heterocycles. The van der Waals surface area contributed by atoms with E-state index in [1.165, 1.54) is 0 Å². The van der Waals surface area contributed by atoms with Gasteiger partial charge in [0.2, 0.25) is 6.79 Å². The van der Waals surface area contributed by atoms with Crippen molar-refractivity contribution in [2.75, 3.05) is 12.1 Å². The summed E-state index contributed by atoms with van der Waals surface area (Å²) in [6, 6.07) is 10.8. The summed E-state index contributed by atoms with van der Waals surface area (Å²) in [6.45, 7) is 0.601. The highest BCUT2D eigenvalue weighted by Gasteiger charge is 2.14. The molecular weight excluding hydrogens is 296 g/mol. The van der Waals surface area contributed by atoms with Gasteiger partial charge in [0.05, 0.1) is 11.7 Å². The molecule has 7 nitrogen and oxygen atoms in total. The zero-order valence-electron chi connectivity index (χ0n) is 12.2. The molecule has 2 amide bonds. The number of anilines is 1. The zero-order chi connectivity index (χ0) is 15.6. The van der Waals surface area contributed by atoms with Crippen molar-refractivity contribution in [1.82, 2.24) is 14.9 Å². The lowest BCUT2D eigenvalue weighted by atomic mass is 10.2. The summed E-state index contributed by atoms with van der Waals surface area (Å²) in [4.78, 5) is 12.0. The van der Waals surface area contributed by atoms with Crippen LogP contribution < -0.4 is 20.1 Å². The first kappa shape index (κ1) is 13.4. The first-order chi connectivity index (χ1) is 11.3. The minimum Gasteiger partial charge on any atom is -0.454 e. The van der Waals surface area contributed by atoms with Crippen LogP contribution in [0, 0.1) is 0 Å². The lowest BCUT2D eigenvalue weighted by Gasteiger charge is -2.07. The third-order valence-electron chi connectivity index (χ3n) is 3.58. The molecule has 3 aromatic rings. The van der Waals surface area contributed by atoms with Crippen molar-refractivity contribution in [3.05, 3.63) is 54.4 Å². The zero-order valence-corrected chi connectivity index (χ0v) is 12.2. The Bertz CT molecular complexity index is 875. The van der Waals surface area contributed by atoms with Crippen LogP contribution >= 0.6 is 0 Å². The van der Waals surface area contributed by atoms with Crippen LogP contribution in [0.5, 0.6) is 11.5 Å². The van der Waals surface area contributed by atoms with Gasteiger partial charge in [0.25, 0.3) is 0 Å². The first-order valence-corrected chi connectivity index (χ1v) is 7.15. The van der Waals surface area contributed by atoms with Crippen LogP contribution in [0.1, 0.15) is 5.56 Å². The fraction of sp³-hybridized carbons (Fsp3) is 0.125. The van der Waals surface area contributed by atoms with Gasteiger partial charge in [-0.15, -0.1) is 0 Å². The van der Waals surface area contributed by atoms with Gasteiger partial charge < -0.3 is 20.1 Å². The molecule has 0 aliphatic carbocycles. The van der Waals surface area contributed by atoms with E-state index in [1.807, 2.05) is 24.4 Å². The molecule has 0 fully saturated rings. The summed E-state index contributed by atoms with van der Waals surface area (Å²) in [7, 11) is 0. The van der Waals surface area contributed by atoms with Crippen molar-refractivity contribution >= 4 is 17.2 Å². The van der Waals surface area contributed by atoms with E-state index < -0.39 is 0 Å². The van der Waals surface area contributed by atoms with Crippen molar-refractivity contribution < 1.29 is 14.3 Å². The summed E-state index contributed by atoms with van der Waals surface area (Å²) in [5.74, 6) is 1.31. The van der Waals surface area contributed by atoms with Gasteiger partial charge in [0.15, 0.2) is 11.5 Å². The Balaban J connectivity index is 1.40. The molecule has 2 aromatic heterocycles. The van der Waals surface area contributed by atoms with Gasteiger partial charge >= 0.3 is 6.03 Å². The normalized spacial score (nSPS) is 12.3. The number of urea groups is 1. The molecule has 0 atom stereocenters. The number of amides is 2. The highest BCUT2D eigenvalue weighted by atomic mass is 16.7. The van der Waals surface area contributed by atoms with Gasteiger partial charge in [-0.25, -0.2) is 9.31 Å². The number of aromatic nitrogens is 2. The number of hydrogen-bond acceptors (Lipinski definition) is 4. The van der Waals surface area contributed by atoms with Gasteiger partial charge in [0.1, 0.15) is 0 Å². The molecule has 4 rings (SSSR count). The summed E-state index contributed by atoms with van der Waals surface area (Å²) in [5, 5.41) is 9.82. The van der Waals surface area contributed by atoms with Gasteiger partial charge in [-0.1, -0.05) is 6.07 Å². The molecule has 7 heteroatoms. The fourth-order valence-corrected chi connectivity index (χ4v) is 2.45. The van der Waals surface area contributed by atoms with Crippen LogP contribution in [0.4, 0.5) is 10.5 Å². The largest absolute Gasteiger partial charge is 0.454 e. The van der Waals surface area contributed by atoms with E-state index in [9.17, 15) is 4.79 Å². The summed E-state index contributed by atoms with van der Waals surface area (Å²) in [5.41, 5.74) is 2.56. The number of benzene rings is 1. The molecule has 116 valence electrons. The van der Waals surface area contributed by atoms with Gasteiger partial charge in [-0.2, -0.15) is 5.10 Å². The number of rotatable bonds is 3. The molecule has 0 spiro atoms. The molecule has 23 heavy (non-hydrogen) atoms. The Morgan fingerprint density at radius 3 is 3.09 bits per heavy atom. The van der Waals surface area contributed by atoms with Crippen molar-refractivity contribution in [3.63, 3.8) is 0 Å². The number of hydrogen-bond donors (Lipinski definition) is 2. The van der Waals surface area contributed by atoms with Crippen LogP contribution in [0.3, 0.4) is 0 Å². The number of pyridine rings is 1. The van der Waals surface area contributed by atoms with Crippen molar-refractivity contribution in [2.24, 2.45) is 0 Å². The Hall–Kier alpha value is -3.22. The van der Waals surface area contributed by atoms with Crippen molar-refractivity contribution in [1.29, 1.82) is 0 Å². The van der Waals surface area contributed by atoms with E-state index in [1.54, 1.807) is 28.9 Å². The number of nitrogens with one attached hydrogen (secondary N) is 2. The third kappa shape index (κ3) is 2.64. The van der Waals surface area contributed by atoms with Crippen LogP contribution in [-0.2, 0) is 6.54 Å². The average Bonchev–Trinajstić information content (AvgIpc) is 3.19. The summed E-state index contributed by atoms with van der Waals surface area (Å²) >= 11 is 0. The molecule has 0 radical (unpaired) electrons. The van der Waals surface area contributed by atoms with E-state index in [2.05, 4.69) is 15.7 Å². The Kier molecular flexibility index (Phi) is 3.23. The quantitative estimate of drug-likeness (QED) is 0.778. The molecule has 3 heterocycles. The topological polar surface area (TPSA) is 76.9 Å². The van der Waals surface area contributed by atoms with Crippen LogP contribution in [0.25, 0.3) is 5.52 Å². The van der Waals surface area contributed by atoms with E-state index in [0.29, 0.717) is 23.7 Å². The smallest absolute Gasteiger partial charge is 0.319 e. The molecule has 0 bridgehead atoms. The monoisotopic (exact) mass is 310 g/mol. The first-order valence-electron chi connectivity index (χ1n) is 7.15. The molecular formula is C16H14N4O3. The van der Waals surface area contributed by atoms with Crippen molar-refractivity contribution in [2.45, 2.75) is 6.54 Å². The van der Waals surface area contributed by atoms with Gasteiger partial charge in [0, 0.05) is 30.1 Å². The highest BCUT2D eigenvalue weighted by Crippen LogP contribution is 2.34. The van der Waals surface area contributed by atoms with Crippen LogP contribution in [-0.4, -0.2) is 22.4 Å². The van der Waals surface area contributed by atoms with Gasteiger partial charge in [-0.3, -0.25) is 0 Å². The number of carbonyl (C=O) groups excluding carboxylic acids is 1. The Morgan fingerprint density at radius 1 is 1.22 bits per heavy atom. The molecule has 1 aliphatic rings. The van der Waals surface area contributed by atoms with E-state index in [-0.39, 0.29) is 12.8 Å². The lowest BCUT2D eigenvalue weighted by molar-refractivity contribution is 0.174. The number of carbonyl (C=O) groups is 1. The molecule has 0 unspecified atom stereocenters. The number of fused-ring (bicyclic) bond motifs is 2. The maximum atomic E-state index is 12.0. The Labute approximate surface area is 131 Å². The molecule has 1 aliphatic heterocycles. The summed E-state index contributed by atoms with van der Waals surface area (Å²) in [6.07, 6.45) is 3.61. The maximum absolute atomic E-state index is 12.0. The lowest BCUT2D eigenvalue weighted by Crippen LogP contribution is -2.28. The molecule has 0 saturated carbocycles. The fourth-order valence-electron chi connectivity index (χ4n) is 2.45. The number of nitrogens with zero attached hydrogens (tertiary/aromatic N) is 2. The molecule has 2 N–H and O–H groups in total. The van der Waals surface area contributed by atoms with Crippen molar-refractivity contribution in [3.8, 4) is 11.5 Å². The van der Waals surface area contributed by atoms with Crippen LogP contribution in [0.2, 0.25) is 0 Å². The van der Waals surface area contributed by atoms with E-state index in [4.69, 9.17) is 9.47 Å². The Morgan fingerprint density at radius 2 is 2.13 bits per heavy atom. The standard InChI is InChI=1S/C16H14N4O3/c21-16(19-12-4-5-14-15(7-12)23-10-22-14)17-8-11-9-18-20-6-2-1-3-13(11)20/h1-7,9H,8,10H2,(H2,17,19,21). The van der Waals surface area contributed by atoms with Gasteiger partial charge in [-0.05, 0) is 24.3 Å². The second-order valence-electron chi connectivity index (χ2n) is 5.08. The second-order valence-corrected chi connectivity index (χ2v) is 5.08. The SMILES string of the molecule is O=C(NCc1cnn2ccccc12)Nc1ccc2c(c1)OCO2. The van der Waals surface area contributed by atoms with E-state index >= 15 is 0 Å². The average molecular weight is 310 g/mol. The van der Waals surface area contributed by atoms with E-state index in [0.717, 1.165) is 11.1 Å². The molecule has 1 aromatic carbocycles. The summed E-state index contributed by atoms with van der Waals surface area (Å²) < 4.78 is 12.3. The number of ether oxygens (including phenoxy) is 2. The predicted molar refractivity (Wildman–Crippen MR) is 83.6 cm³/mol. The minimum absolute atomic E-state index is 0.208. The predicted octanol–water partition coefficient (Wildman–Crippen LogP) is 2.38. The van der Waals surface area contributed by atoms with Crippen LogP contribution in [0.15, 0.2) is 48.8 Å².